The van der Waals surface area contributed by atoms with Crippen molar-refractivity contribution in [3.63, 3.8) is 0 Å². The molecule has 0 spiro atoms. The lowest BCUT2D eigenvalue weighted by Gasteiger charge is -2.17. The van der Waals surface area contributed by atoms with Crippen LogP contribution in [0.1, 0.15) is 39.6 Å². The van der Waals surface area contributed by atoms with Gasteiger partial charge in [0.1, 0.15) is 5.70 Å². The first-order valence-electron chi connectivity index (χ1n) is 14.3. The van der Waals surface area contributed by atoms with Gasteiger partial charge in [-0.2, -0.15) is 0 Å². The largest absolute Gasteiger partial charge is 0.378 e. The van der Waals surface area contributed by atoms with E-state index >= 15 is 0 Å². The molecule has 230 valence electrons. The Morgan fingerprint density at radius 2 is 1.53 bits per heavy atom. The van der Waals surface area contributed by atoms with Crippen LogP contribution < -0.4 is 26.6 Å². The van der Waals surface area contributed by atoms with E-state index in [1.807, 2.05) is 62.3 Å². The predicted molar refractivity (Wildman–Crippen MR) is 181 cm³/mol. The lowest BCUT2D eigenvalue weighted by atomic mass is 10.1. The standard InChI is InChI=1S/C35H35N5O4S/c1-4-31(35(44)38-29-16-9-8-15-28(29)32(36)41)45-27-14-10-13-25(22-27)37-34(43)30(39-33(42)24-11-6-5-7-12-24)21-23-17-19-26(20-18-23)40(2)3/h5-22,31H,4H2,1-3H3,(H2,36,41)(H,37,43)(H,38,44)(H,39,42)/b30-21+. The van der Waals surface area contributed by atoms with Crippen molar-refractivity contribution in [2.45, 2.75) is 23.5 Å². The fourth-order valence-electron chi connectivity index (χ4n) is 4.33. The van der Waals surface area contributed by atoms with Gasteiger partial charge < -0.3 is 26.6 Å². The number of nitrogens with zero attached hydrogens (tertiary/aromatic N) is 1. The van der Waals surface area contributed by atoms with E-state index in [0.29, 0.717) is 23.4 Å². The van der Waals surface area contributed by atoms with Crippen LogP contribution in [0.4, 0.5) is 17.1 Å². The summed E-state index contributed by atoms with van der Waals surface area (Å²) < 4.78 is 0. The molecular weight excluding hydrogens is 586 g/mol. The molecule has 0 aliphatic heterocycles. The van der Waals surface area contributed by atoms with Gasteiger partial charge in [0.2, 0.25) is 5.91 Å². The van der Waals surface area contributed by atoms with Gasteiger partial charge in [-0.15, -0.1) is 11.8 Å². The third-order valence-electron chi connectivity index (χ3n) is 6.73. The highest BCUT2D eigenvalue weighted by Crippen LogP contribution is 2.29. The van der Waals surface area contributed by atoms with E-state index in [2.05, 4.69) is 16.0 Å². The molecule has 0 aromatic heterocycles. The minimum atomic E-state index is -0.631. The van der Waals surface area contributed by atoms with Crippen molar-refractivity contribution in [3.05, 3.63) is 126 Å². The van der Waals surface area contributed by atoms with E-state index in [0.717, 1.165) is 16.1 Å². The molecule has 0 bridgehead atoms. The van der Waals surface area contributed by atoms with Crippen molar-refractivity contribution in [1.82, 2.24) is 5.32 Å². The zero-order valence-corrected chi connectivity index (χ0v) is 26.1. The molecule has 5 N–H and O–H groups in total. The molecule has 0 saturated carbocycles. The smallest absolute Gasteiger partial charge is 0.272 e. The van der Waals surface area contributed by atoms with Gasteiger partial charge in [-0.25, -0.2) is 0 Å². The number of benzene rings is 4. The number of amides is 4. The van der Waals surface area contributed by atoms with Gasteiger partial charge in [0.25, 0.3) is 17.7 Å². The Morgan fingerprint density at radius 1 is 0.844 bits per heavy atom. The van der Waals surface area contributed by atoms with Crippen LogP contribution in [0.15, 0.2) is 114 Å². The fraction of sp³-hybridized carbons (Fsp3) is 0.143. The summed E-state index contributed by atoms with van der Waals surface area (Å²) >= 11 is 1.33. The summed E-state index contributed by atoms with van der Waals surface area (Å²) in [5.41, 5.74) is 8.74. The Labute approximate surface area is 266 Å². The molecule has 0 radical (unpaired) electrons. The average Bonchev–Trinajstić information content (AvgIpc) is 3.04. The highest BCUT2D eigenvalue weighted by atomic mass is 32.2. The molecule has 4 rings (SSSR count). The van der Waals surface area contributed by atoms with Crippen molar-refractivity contribution in [3.8, 4) is 0 Å². The van der Waals surface area contributed by atoms with Crippen LogP contribution in [0.3, 0.4) is 0 Å². The van der Waals surface area contributed by atoms with E-state index in [1.54, 1.807) is 72.8 Å². The van der Waals surface area contributed by atoms with Crippen molar-refractivity contribution in [1.29, 1.82) is 0 Å². The number of thioether (sulfide) groups is 1. The molecule has 0 aliphatic carbocycles. The normalized spacial score (nSPS) is 11.7. The first kappa shape index (κ1) is 32.6. The number of nitrogens with two attached hydrogens (primary N) is 1. The Morgan fingerprint density at radius 3 is 2.20 bits per heavy atom. The topological polar surface area (TPSA) is 134 Å². The number of anilines is 3. The fourth-order valence-corrected chi connectivity index (χ4v) is 5.34. The summed E-state index contributed by atoms with van der Waals surface area (Å²) in [6, 6.07) is 29.9. The van der Waals surface area contributed by atoms with E-state index in [4.69, 9.17) is 5.73 Å². The summed E-state index contributed by atoms with van der Waals surface area (Å²) in [4.78, 5) is 54.2. The molecule has 0 heterocycles. The second-order valence-corrected chi connectivity index (χ2v) is 11.5. The number of primary amides is 1. The average molecular weight is 622 g/mol. The molecule has 9 nitrogen and oxygen atoms in total. The zero-order valence-electron chi connectivity index (χ0n) is 25.2. The van der Waals surface area contributed by atoms with Gasteiger partial charge in [0.05, 0.1) is 16.5 Å². The maximum Gasteiger partial charge on any atom is 0.272 e. The van der Waals surface area contributed by atoms with Crippen LogP contribution in [0.2, 0.25) is 0 Å². The second kappa shape index (κ2) is 15.4. The quantitative estimate of drug-likeness (QED) is 0.117. The third-order valence-corrected chi connectivity index (χ3v) is 8.09. The summed E-state index contributed by atoms with van der Waals surface area (Å²) in [5.74, 6) is -1.83. The van der Waals surface area contributed by atoms with E-state index in [1.165, 1.54) is 11.8 Å². The van der Waals surface area contributed by atoms with Crippen LogP contribution in [0, 0.1) is 0 Å². The molecule has 1 atom stereocenters. The minimum absolute atomic E-state index is 0.0680. The number of para-hydroxylation sites is 1. The Balaban J connectivity index is 1.52. The van der Waals surface area contributed by atoms with Crippen LogP contribution in [-0.2, 0) is 9.59 Å². The third kappa shape index (κ3) is 9.07. The van der Waals surface area contributed by atoms with Gasteiger partial charge >= 0.3 is 0 Å². The SMILES string of the molecule is CCC(Sc1cccc(NC(=O)/C(=C\c2ccc(N(C)C)cc2)NC(=O)c2ccccc2)c1)C(=O)Nc1ccccc1C(N)=O. The van der Waals surface area contributed by atoms with Crippen molar-refractivity contribution in [2.75, 3.05) is 29.6 Å². The van der Waals surface area contributed by atoms with Crippen LogP contribution in [-0.4, -0.2) is 43.0 Å². The van der Waals surface area contributed by atoms with Crippen molar-refractivity contribution >= 4 is 58.5 Å². The number of carbonyl (C=O) groups is 4. The molecule has 4 amide bonds. The molecule has 10 heteroatoms. The number of nitrogens with one attached hydrogen (secondary N) is 3. The van der Waals surface area contributed by atoms with Gasteiger partial charge in [-0.05, 0) is 72.7 Å². The number of carbonyl (C=O) groups excluding carboxylic acids is 4. The predicted octanol–water partition coefficient (Wildman–Crippen LogP) is 5.77. The monoisotopic (exact) mass is 621 g/mol. The van der Waals surface area contributed by atoms with Crippen LogP contribution in [0.5, 0.6) is 0 Å². The summed E-state index contributed by atoms with van der Waals surface area (Å²) in [6.07, 6.45) is 2.13. The second-order valence-electron chi connectivity index (χ2n) is 10.3. The van der Waals surface area contributed by atoms with Gasteiger partial charge in [0, 0.05) is 35.9 Å². The minimum Gasteiger partial charge on any atom is -0.378 e. The molecule has 0 saturated heterocycles. The Kier molecular flexibility index (Phi) is 11.1. The lowest BCUT2D eigenvalue weighted by Crippen LogP contribution is -2.30. The molecule has 4 aromatic rings. The van der Waals surface area contributed by atoms with Gasteiger partial charge in [-0.3, -0.25) is 19.2 Å². The molecule has 45 heavy (non-hydrogen) atoms. The van der Waals surface area contributed by atoms with Crippen LogP contribution >= 0.6 is 11.8 Å². The highest BCUT2D eigenvalue weighted by molar-refractivity contribution is 8.00. The summed E-state index contributed by atoms with van der Waals surface area (Å²) in [7, 11) is 3.88. The Hall–Kier alpha value is -5.35. The molecule has 0 fully saturated rings. The van der Waals surface area contributed by atoms with Crippen LogP contribution in [0.25, 0.3) is 6.08 Å². The highest BCUT2D eigenvalue weighted by Gasteiger charge is 2.21. The number of rotatable bonds is 12. The molecule has 0 aliphatic rings. The maximum atomic E-state index is 13.5. The first-order valence-corrected chi connectivity index (χ1v) is 15.2. The number of hydrogen-bond acceptors (Lipinski definition) is 6. The Bertz CT molecular complexity index is 1700. The summed E-state index contributed by atoms with van der Waals surface area (Å²) in [5, 5.41) is 7.95. The number of hydrogen-bond donors (Lipinski definition) is 4. The van der Waals surface area contributed by atoms with Gasteiger partial charge in [-0.1, -0.05) is 55.5 Å². The molecule has 1 unspecified atom stereocenters. The first-order chi connectivity index (χ1) is 21.6. The maximum absolute atomic E-state index is 13.5. The van der Waals surface area contributed by atoms with E-state index in [-0.39, 0.29) is 17.2 Å². The van der Waals surface area contributed by atoms with E-state index in [9.17, 15) is 19.2 Å². The van der Waals surface area contributed by atoms with E-state index < -0.39 is 23.0 Å². The van der Waals surface area contributed by atoms with Gasteiger partial charge in [0.15, 0.2) is 0 Å². The lowest BCUT2D eigenvalue weighted by molar-refractivity contribution is -0.116. The molecular formula is C35H35N5O4S. The zero-order chi connectivity index (χ0) is 32.3. The van der Waals surface area contributed by atoms with Crippen molar-refractivity contribution in [2.24, 2.45) is 5.73 Å². The summed E-state index contributed by atoms with van der Waals surface area (Å²) in [6.45, 7) is 1.89. The van der Waals surface area contributed by atoms with Crippen molar-refractivity contribution < 1.29 is 19.2 Å². The molecule has 4 aromatic carbocycles.